The fraction of sp³-hybridized carbons (Fsp3) is 0.333. The number of carboxylic acids is 1. The molecule has 1 aliphatic carbocycles. The number of hydrogen-bond donors (Lipinski definition) is 1. The van der Waals surface area contributed by atoms with Crippen LogP contribution in [0.3, 0.4) is 0 Å². The molecule has 0 aliphatic heterocycles. The van der Waals surface area contributed by atoms with Crippen molar-refractivity contribution in [2.24, 2.45) is 4.99 Å². The second kappa shape index (κ2) is 3.89. The molecule has 4 nitrogen and oxygen atoms in total. The van der Waals surface area contributed by atoms with E-state index >= 15 is 0 Å². The van der Waals surface area contributed by atoms with Gasteiger partial charge in [-0.15, -0.1) is 0 Å². The minimum Gasteiger partial charge on any atom is -0.496 e. The van der Waals surface area contributed by atoms with Crippen LogP contribution in [0.25, 0.3) is 0 Å². The van der Waals surface area contributed by atoms with Crippen molar-refractivity contribution in [1.82, 2.24) is 0 Å². The third kappa shape index (κ3) is 1.96. The number of hydrogen-bond acceptors (Lipinski definition) is 3. The van der Waals surface area contributed by atoms with Crippen LogP contribution >= 0.6 is 0 Å². The molecule has 0 fully saturated rings. The highest BCUT2D eigenvalue weighted by Crippen LogP contribution is 2.18. The Bertz CT molecular complexity index is 313. The number of aliphatic imine (C=N–C) groups is 1. The number of ether oxygens (including phenoxy) is 1. The Morgan fingerprint density at radius 2 is 2.31 bits per heavy atom. The third-order valence-electron chi connectivity index (χ3n) is 1.85. The number of allylic oxidation sites excluding steroid dienone is 2. The molecule has 0 aromatic carbocycles. The molecule has 4 heteroatoms. The second-order valence-electron chi connectivity index (χ2n) is 2.58. The molecule has 13 heavy (non-hydrogen) atoms. The zero-order chi connectivity index (χ0) is 9.84. The van der Waals surface area contributed by atoms with E-state index < -0.39 is 5.97 Å². The van der Waals surface area contributed by atoms with Crippen LogP contribution in [0.1, 0.15) is 6.42 Å². The van der Waals surface area contributed by atoms with Gasteiger partial charge in [-0.05, 0) is 12.2 Å². The zero-order valence-electron chi connectivity index (χ0n) is 7.57. The summed E-state index contributed by atoms with van der Waals surface area (Å²) in [6.45, 7) is 0. The predicted molar refractivity (Wildman–Crippen MR) is 48.8 cm³/mol. The molecule has 0 atom stereocenters. The van der Waals surface area contributed by atoms with Crippen molar-refractivity contribution in [3.8, 4) is 0 Å². The molecule has 0 aromatic rings. The maximum absolute atomic E-state index is 10.8. The van der Waals surface area contributed by atoms with E-state index in [2.05, 4.69) is 4.99 Å². The molecule has 1 rings (SSSR count). The normalized spacial score (nSPS) is 19.4. The molecule has 0 spiro atoms. The molecule has 0 saturated carbocycles. The fourth-order valence-electron chi connectivity index (χ4n) is 1.13. The second-order valence-corrected chi connectivity index (χ2v) is 2.58. The van der Waals surface area contributed by atoms with Crippen LogP contribution in [0.2, 0.25) is 0 Å². The summed E-state index contributed by atoms with van der Waals surface area (Å²) in [5.41, 5.74) is 1.00. The highest BCUT2D eigenvalue weighted by atomic mass is 16.5. The van der Waals surface area contributed by atoms with Gasteiger partial charge in [-0.25, -0.2) is 4.79 Å². The lowest BCUT2D eigenvalue weighted by molar-refractivity contribution is -0.132. The zero-order valence-corrected chi connectivity index (χ0v) is 7.57. The van der Waals surface area contributed by atoms with Crippen LogP contribution in [-0.2, 0) is 9.53 Å². The maximum atomic E-state index is 10.8. The molecule has 1 N–H and O–H groups in total. The summed E-state index contributed by atoms with van der Waals surface area (Å²) in [6, 6.07) is 0. The average Bonchev–Trinajstić information content (AvgIpc) is 2.16. The van der Waals surface area contributed by atoms with E-state index in [0.717, 1.165) is 5.71 Å². The monoisotopic (exact) mass is 181 g/mol. The molecule has 1 aliphatic rings. The maximum Gasteiger partial charge on any atom is 0.335 e. The van der Waals surface area contributed by atoms with Crippen molar-refractivity contribution >= 4 is 11.7 Å². The first-order valence-corrected chi connectivity index (χ1v) is 3.83. The lowest BCUT2D eigenvalue weighted by Crippen LogP contribution is -2.13. The fourth-order valence-corrected chi connectivity index (χ4v) is 1.13. The molecule has 0 unspecified atom stereocenters. The van der Waals surface area contributed by atoms with E-state index in [1.807, 2.05) is 0 Å². The summed E-state index contributed by atoms with van der Waals surface area (Å²) >= 11 is 0. The van der Waals surface area contributed by atoms with Crippen LogP contribution < -0.4 is 0 Å². The predicted octanol–water partition coefficient (Wildman–Crippen LogP) is 1.00. The summed E-state index contributed by atoms with van der Waals surface area (Å²) in [7, 11) is 3.09. The summed E-state index contributed by atoms with van der Waals surface area (Å²) in [4.78, 5) is 14.7. The van der Waals surface area contributed by atoms with Gasteiger partial charge in [0.2, 0.25) is 0 Å². The Morgan fingerprint density at radius 3 is 2.77 bits per heavy atom. The Hall–Kier alpha value is -1.58. The largest absolute Gasteiger partial charge is 0.496 e. The van der Waals surface area contributed by atoms with Crippen LogP contribution in [0.15, 0.2) is 28.5 Å². The molecule has 70 valence electrons. The van der Waals surface area contributed by atoms with E-state index in [4.69, 9.17) is 9.84 Å². The number of methoxy groups -OCH3 is 1. The minimum absolute atomic E-state index is 0.255. The standard InChI is InChI=1S/C9H11NO3/c1-10-6-3-4-8(13-2)7(5-6)9(11)12/h3-4H,5H2,1-2H3,(H,11,12). The Morgan fingerprint density at radius 1 is 1.62 bits per heavy atom. The number of nitrogens with zero attached hydrogens (tertiary/aromatic N) is 1. The first-order chi connectivity index (χ1) is 6.19. The quantitative estimate of drug-likeness (QED) is 0.691. The summed E-state index contributed by atoms with van der Waals surface area (Å²) in [5, 5.41) is 8.83. The van der Waals surface area contributed by atoms with Gasteiger partial charge >= 0.3 is 5.97 Å². The number of carboxylic acid groups (broad SMARTS) is 1. The molecule has 0 aromatic heterocycles. The van der Waals surface area contributed by atoms with Crippen LogP contribution in [0, 0.1) is 0 Å². The lowest BCUT2D eigenvalue weighted by Gasteiger charge is -2.12. The van der Waals surface area contributed by atoms with Crippen LogP contribution in [0.5, 0.6) is 0 Å². The van der Waals surface area contributed by atoms with Gasteiger partial charge in [0.05, 0.1) is 12.7 Å². The topological polar surface area (TPSA) is 58.9 Å². The van der Waals surface area contributed by atoms with Gasteiger partial charge in [0.25, 0.3) is 0 Å². The van der Waals surface area contributed by atoms with E-state index in [1.165, 1.54) is 7.11 Å². The molecular weight excluding hydrogens is 170 g/mol. The van der Waals surface area contributed by atoms with E-state index in [1.54, 1.807) is 19.2 Å². The minimum atomic E-state index is -0.956. The first-order valence-electron chi connectivity index (χ1n) is 3.83. The molecule has 0 heterocycles. The van der Waals surface area contributed by atoms with E-state index in [-0.39, 0.29) is 5.57 Å². The molecule has 0 amide bonds. The third-order valence-corrected chi connectivity index (χ3v) is 1.85. The van der Waals surface area contributed by atoms with Crippen molar-refractivity contribution in [1.29, 1.82) is 0 Å². The lowest BCUT2D eigenvalue weighted by atomic mass is 10.0. The number of rotatable bonds is 2. The van der Waals surface area contributed by atoms with Crippen molar-refractivity contribution in [2.45, 2.75) is 6.42 Å². The van der Waals surface area contributed by atoms with Crippen molar-refractivity contribution in [3.05, 3.63) is 23.5 Å². The van der Waals surface area contributed by atoms with Crippen LogP contribution in [0.4, 0.5) is 0 Å². The Balaban J connectivity index is 3.01. The summed E-state index contributed by atoms with van der Waals surface area (Å²) in [6.07, 6.45) is 3.70. The highest BCUT2D eigenvalue weighted by Gasteiger charge is 2.18. The van der Waals surface area contributed by atoms with Gasteiger partial charge < -0.3 is 9.84 Å². The van der Waals surface area contributed by atoms with Crippen molar-refractivity contribution in [2.75, 3.05) is 14.2 Å². The summed E-state index contributed by atoms with van der Waals surface area (Å²) < 4.78 is 4.91. The first kappa shape index (κ1) is 9.51. The summed E-state index contributed by atoms with van der Waals surface area (Å²) in [5.74, 6) is -0.553. The van der Waals surface area contributed by atoms with Crippen molar-refractivity contribution < 1.29 is 14.6 Å². The number of aliphatic carboxylic acids is 1. The molecular formula is C9H11NO3. The van der Waals surface area contributed by atoms with Crippen LogP contribution in [-0.4, -0.2) is 30.9 Å². The van der Waals surface area contributed by atoms with Gasteiger partial charge in [0, 0.05) is 19.2 Å². The average molecular weight is 181 g/mol. The SMILES string of the molecule is CN=C1C=CC(OC)=C(C(=O)O)C1. The van der Waals surface area contributed by atoms with E-state index in [0.29, 0.717) is 12.2 Å². The Labute approximate surface area is 76.2 Å². The van der Waals surface area contributed by atoms with Gasteiger partial charge in [-0.1, -0.05) is 0 Å². The number of carbonyl (C=O) groups is 1. The Kier molecular flexibility index (Phi) is 2.84. The molecule has 0 radical (unpaired) electrons. The van der Waals surface area contributed by atoms with Gasteiger partial charge in [0.1, 0.15) is 5.76 Å². The molecule has 0 saturated heterocycles. The smallest absolute Gasteiger partial charge is 0.335 e. The van der Waals surface area contributed by atoms with E-state index in [9.17, 15) is 4.79 Å². The van der Waals surface area contributed by atoms with Gasteiger partial charge in [-0.2, -0.15) is 0 Å². The molecule has 0 bridgehead atoms. The highest BCUT2D eigenvalue weighted by molar-refractivity contribution is 6.04. The van der Waals surface area contributed by atoms with Gasteiger partial charge in [0.15, 0.2) is 0 Å². The van der Waals surface area contributed by atoms with Crippen molar-refractivity contribution in [3.63, 3.8) is 0 Å². The van der Waals surface area contributed by atoms with Gasteiger partial charge in [-0.3, -0.25) is 4.99 Å².